The second-order valence-corrected chi connectivity index (χ2v) is 5.30. The molecule has 2 N–H and O–H groups in total. The van der Waals surface area contributed by atoms with Crippen LogP contribution in [0.1, 0.15) is 27.7 Å². The molecule has 0 unspecified atom stereocenters. The first kappa shape index (κ1) is 15.3. The van der Waals surface area contributed by atoms with Gasteiger partial charge in [-0.2, -0.15) is 0 Å². The number of hydrogen-bond acceptors (Lipinski definition) is 3. The maximum Gasteiger partial charge on any atom is 0.239 e. The highest BCUT2D eigenvalue weighted by Gasteiger charge is 2.03. The predicted molar refractivity (Wildman–Crippen MR) is 78.5 cm³/mol. The third-order valence-electron chi connectivity index (χ3n) is 2.34. The molecule has 1 aromatic carbocycles. The van der Waals surface area contributed by atoms with Gasteiger partial charge in [-0.3, -0.25) is 4.79 Å². The Morgan fingerprint density at radius 2 is 1.79 bits per heavy atom. The minimum atomic E-state index is -0.00451. The van der Waals surface area contributed by atoms with Gasteiger partial charge in [-0.05, 0) is 44.0 Å². The van der Waals surface area contributed by atoms with Gasteiger partial charge in [-0.25, -0.2) is 0 Å². The Bertz CT molecular complexity index is 386. The van der Waals surface area contributed by atoms with Gasteiger partial charge in [0.2, 0.25) is 5.91 Å². The highest BCUT2D eigenvalue weighted by molar-refractivity contribution is 5.80. The zero-order chi connectivity index (χ0) is 14.3. The van der Waals surface area contributed by atoms with Crippen LogP contribution >= 0.6 is 0 Å². The Morgan fingerprint density at radius 1 is 1.16 bits per heavy atom. The molecule has 0 saturated carbocycles. The number of nitrogens with one attached hydrogen (secondary N) is 2. The van der Waals surface area contributed by atoms with Crippen molar-refractivity contribution in [2.45, 2.75) is 33.7 Å². The second-order valence-electron chi connectivity index (χ2n) is 5.30. The van der Waals surface area contributed by atoms with Crippen LogP contribution in [0.2, 0.25) is 0 Å². The van der Waals surface area contributed by atoms with Gasteiger partial charge in [-0.1, -0.05) is 13.8 Å². The van der Waals surface area contributed by atoms with E-state index in [4.69, 9.17) is 4.74 Å². The number of amides is 1. The second kappa shape index (κ2) is 7.67. The SMILES string of the molecule is CC(C)COc1ccc(NCC(=O)NC(C)C)cc1. The van der Waals surface area contributed by atoms with Crippen LogP contribution in [0.5, 0.6) is 5.75 Å². The molecule has 0 atom stereocenters. The van der Waals surface area contributed by atoms with Crippen molar-refractivity contribution in [2.75, 3.05) is 18.5 Å². The number of anilines is 1. The molecule has 0 saturated heterocycles. The van der Waals surface area contributed by atoms with Gasteiger partial charge in [-0.15, -0.1) is 0 Å². The van der Waals surface area contributed by atoms with Gasteiger partial charge < -0.3 is 15.4 Å². The lowest BCUT2D eigenvalue weighted by molar-refractivity contribution is -0.119. The monoisotopic (exact) mass is 264 g/mol. The van der Waals surface area contributed by atoms with Crippen molar-refractivity contribution >= 4 is 11.6 Å². The molecule has 0 fully saturated rings. The van der Waals surface area contributed by atoms with Crippen molar-refractivity contribution in [2.24, 2.45) is 5.92 Å². The Hall–Kier alpha value is -1.71. The van der Waals surface area contributed by atoms with Crippen molar-refractivity contribution in [3.05, 3.63) is 24.3 Å². The van der Waals surface area contributed by atoms with E-state index < -0.39 is 0 Å². The first-order valence-electron chi connectivity index (χ1n) is 6.73. The molecule has 0 bridgehead atoms. The molecule has 0 aliphatic carbocycles. The zero-order valence-electron chi connectivity index (χ0n) is 12.2. The molecule has 4 nitrogen and oxygen atoms in total. The van der Waals surface area contributed by atoms with Gasteiger partial charge in [0.15, 0.2) is 0 Å². The molecule has 0 heterocycles. The number of carbonyl (C=O) groups is 1. The fraction of sp³-hybridized carbons (Fsp3) is 0.533. The summed E-state index contributed by atoms with van der Waals surface area (Å²) in [6.07, 6.45) is 0. The first-order valence-corrected chi connectivity index (χ1v) is 6.73. The van der Waals surface area contributed by atoms with E-state index >= 15 is 0 Å². The summed E-state index contributed by atoms with van der Waals surface area (Å²) in [6, 6.07) is 7.81. The van der Waals surface area contributed by atoms with Gasteiger partial charge in [0.1, 0.15) is 5.75 Å². The highest BCUT2D eigenvalue weighted by Crippen LogP contribution is 2.16. The van der Waals surface area contributed by atoms with E-state index in [1.807, 2.05) is 38.1 Å². The van der Waals surface area contributed by atoms with Crippen LogP contribution in [0, 0.1) is 5.92 Å². The number of carbonyl (C=O) groups excluding carboxylic acids is 1. The molecule has 0 aromatic heterocycles. The first-order chi connectivity index (χ1) is 8.97. The molecule has 0 radical (unpaired) electrons. The maximum atomic E-state index is 11.5. The minimum Gasteiger partial charge on any atom is -0.493 e. The summed E-state index contributed by atoms with van der Waals surface area (Å²) < 4.78 is 5.59. The topological polar surface area (TPSA) is 50.4 Å². The Kier molecular flexibility index (Phi) is 6.19. The van der Waals surface area contributed by atoms with Gasteiger partial charge in [0.25, 0.3) is 0 Å². The Morgan fingerprint density at radius 3 is 2.32 bits per heavy atom. The molecule has 0 spiro atoms. The van der Waals surface area contributed by atoms with Gasteiger partial charge in [0, 0.05) is 11.7 Å². The van der Waals surface area contributed by atoms with Crippen LogP contribution in [0.3, 0.4) is 0 Å². The molecule has 1 rings (SSSR count). The summed E-state index contributed by atoms with van der Waals surface area (Å²) in [4.78, 5) is 11.5. The van der Waals surface area contributed by atoms with Crippen LogP contribution in [0.15, 0.2) is 24.3 Å². The minimum absolute atomic E-state index is 0.00451. The van der Waals surface area contributed by atoms with E-state index in [9.17, 15) is 4.79 Å². The number of hydrogen-bond donors (Lipinski definition) is 2. The molecule has 4 heteroatoms. The van der Waals surface area contributed by atoms with E-state index in [1.165, 1.54) is 0 Å². The van der Waals surface area contributed by atoms with Gasteiger partial charge >= 0.3 is 0 Å². The van der Waals surface area contributed by atoms with Crippen LogP contribution in [0.25, 0.3) is 0 Å². The van der Waals surface area contributed by atoms with Crippen LogP contribution in [-0.2, 0) is 4.79 Å². The molecule has 19 heavy (non-hydrogen) atoms. The van der Waals surface area contributed by atoms with Crippen molar-refractivity contribution in [1.29, 1.82) is 0 Å². The number of rotatable bonds is 7. The summed E-state index contributed by atoms with van der Waals surface area (Å²) in [6.45, 7) is 9.11. The standard InChI is InChI=1S/C15H24N2O2/c1-11(2)10-19-14-7-5-13(6-8-14)16-9-15(18)17-12(3)4/h5-8,11-12,16H,9-10H2,1-4H3,(H,17,18). The van der Waals surface area contributed by atoms with Gasteiger partial charge in [0.05, 0.1) is 13.2 Å². The molecule has 106 valence electrons. The summed E-state index contributed by atoms with van der Waals surface area (Å²) in [5.74, 6) is 1.36. The lowest BCUT2D eigenvalue weighted by Crippen LogP contribution is -2.34. The fourth-order valence-electron chi connectivity index (χ4n) is 1.49. The summed E-state index contributed by atoms with van der Waals surface area (Å²) >= 11 is 0. The zero-order valence-corrected chi connectivity index (χ0v) is 12.2. The average molecular weight is 264 g/mol. The highest BCUT2D eigenvalue weighted by atomic mass is 16.5. The lowest BCUT2D eigenvalue weighted by atomic mass is 10.2. The molecular formula is C15H24N2O2. The smallest absolute Gasteiger partial charge is 0.239 e. The average Bonchev–Trinajstić information content (AvgIpc) is 2.34. The summed E-state index contributed by atoms with van der Waals surface area (Å²) in [7, 11) is 0. The normalized spacial score (nSPS) is 10.6. The summed E-state index contributed by atoms with van der Waals surface area (Å²) in [5, 5.41) is 5.91. The van der Waals surface area contributed by atoms with Crippen LogP contribution in [0.4, 0.5) is 5.69 Å². The molecule has 1 amide bonds. The van der Waals surface area contributed by atoms with E-state index in [-0.39, 0.29) is 18.5 Å². The predicted octanol–water partition coefficient (Wildman–Crippen LogP) is 2.66. The van der Waals surface area contributed by atoms with Crippen LogP contribution in [-0.4, -0.2) is 25.1 Å². The quantitative estimate of drug-likeness (QED) is 0.796. The molecular weight excluding hydrogens is 240 g/mol. The largest absolute Gasteiger partial charge is 0.493 e. The summed E-state index contributed by atoms with van der Waals surface area (Å²) in [5.41, 5.74) is 0.913. The van der Waals surface area contributed by atoms with Crippen molar-refractivity contribution in [3.63, 3.8) is 0 Å². The fourth-order valence-corrected chi connectivity index (χ4v) is 1.49. The molecule has 1 aromatic rings. The van der Waals surface area contributed by atoms with E-state index in [0.717, 1.165) is 11.4 Å². The third-order valence-corrected chi connectivity index (χ3v) is 2.34. The lowest BCUT2D eigenvalue weighted by Gasteiger charge is -2.11. The van der Waals surface area contributed by atoms with Crippen molar-refractivity contribution in [3.8, 4) is 5.75 Å². The third kappa shape index (κ3) is 6.70. The number of benzene rings is 1. The van der Waals surface area contributed by atoms with Crippen molar-refractivity contribution < 1.29 is 9.53 Å². The number of ether oxygens (including phenoxy) is 1. The Labute approximate surface area is 115 Å². The molecule has 0 aliphatic rings. The van der Waals surface area contributed by atoms with E-state index in [2.05, 4.69) is 24.5 Å². The molecule has 0 aliphatic heterocycles. The van der Waals surface area contributed by atoms with Crippen molar-refractivity contribution in [1.82, 2.24) is 5.32 Å². The van der Waals surface area contributed by atoms with E-state index in [0.29, 0.717) is 12.5 Å². The van der Waals surface area contributed by atoms with E-state index in [1.54, 1.807) is 0 Å². The van der Waals surface area contributed by atoms with Crippen LogP contribution < -0.4 is 15.4 Å². The maximum absolute atomic E-state index is 11.5. The Balaban J connectivity index is 2.37.